The van der Waals surface area contributed by atoms with E-state index in [-0.39, 0.29) is 0 Å². The van der Waals surface area contributed by atoms with Gasteiger partial charge in [0.1, 0.15) is 55.4 Å². The number of hydrogen-bond donors (Lipinski definition) is 13. The van der Waals surface area contributed by atoms with Gasteiger partial charge in [0.15, 0.2) is 31.1 Å². The first kappa shape index (κ1) is 30.1. The number of carbonyl (C=O) groups is 1. The summed E-state index contributed by atoms with van der Waals surface area (Å²) in [5.74, 6) is -4.92. The van der Waals surface area contributed by atoms with E-state index >= 15 is 0 Å². The monoisotopic (exact) mass is 522 g/mol. The van der Waals surface area contributed by atoms with Crippen LogP contribution in [0.2, 0.25) is 0 Å². The summed E-state index contributed by atoms with van der Waals surface area (Å²) < 4.78 is 19.6. The van der Waals surface area contributed by atoms with Crippen molar-refractivity contribution >= 4 is 5.97 Å². The maximum Gasteiger partial charge on any atom is 0.340 e. The highest BCUT2D eigenvalue weighted by Gasteiger charge is 2.60. The van der Waals surface area contributed by atoms with Crippen LogP contribution in [0.4, 0.5) is 0 Å². The average Bonchev–Trinajstić information content (AvgIpc) is 2.84. The lowest BCUT2D eigenvalue weighted by Gasteiger charge is -2.49. The van der Waals surface area contributed by atoms with Crippen molar-refractivity contribution in [3.8, 4) is 0 Å². The molecular formula is C17H30O18. The minimum absolute atomic E-state index is 1.08. The molecule has 0 radical (unpaired) electrons. The number of ether oxygens (including phenoxy) is 4. The van der Waals surface area contributed by atoms with Crippen molar-refractivity contribution in [2.45, 2.75) is 85.7 Å². The molecule has 0 saturated carbocycles. The zero-order valence-electron chi connectivity index (χ0n) is 17.8. The maximum absolute atomic E-state index is 12.4. The van der Waals surface area contributed by atoms with Crippen LogP contribution in [0, 0.1) is 0 Å². The second-order valence-electron chi connectivity index (χ2n) is 7.98. The van der Waals surface area contributed by atoms with Gasteiger partial charge in [-0.3, -0.25) is 0 Å². The average molecular weight is 522 g/mol. The fourth-order valence-corrected chi connectivity index (χ4v) is 3.35. The Morgan fingerprint density at radius 2 is 1.37 bits per heavy atom. The SMILES string of the molecule is O=C(O[C@@]1(CO)O[C@@H](O)[C@H](O)[C@H](O)[C@@H]1O[C@@H]1O[C@H](O)[C@@H](O)[C@H](O)[C@H]1O)C(O)C(O)C(O)C(O)CO. The molecule has 0 amide bonds. The van der Waals surface area contributed by atoms with Gasteiger partial charge in [-0.2, -0.15) is 0 Å². The maximum atomic E-state index is 12.4. The Labute approximate surface area is 196 Å². The van der Waals surface area contributed by atoms with Crippen LogP contribution in [0.15, 0.2) is 0 Å². The number of carbonyl (C=O) groups excluding carboxylic acids is 1. The highest BCUT2D eigenvalue weighted by molar-refractivity contribution is 5.75. The summed E-state index contributed by atoms with van der Waals surface area (Å²) in [7, 11) is 0. The van der Waals surface area contributed by atoms with Gasteiger partial charge in [-0.15, -0.1) is 0 Å². The van der Waals surface area contributed by atoms with Crippen LogP contribution in [0.3, 0.4) is 0 Å². The third-order valence-corrected chi connectivity index (χ3v) is 5.52. The zero-order valence-corrected chi connectivity index (χ0v) is 17.8. The normalized spacial score (nSPS) is 43.7. The topological polar surface area (TPSA) is 317 Å². The van der Waals surface area contributed by atoms with Gasteiger partial charge in [0.2, 0.25) is 0 Å². The molecule has 2 heterocycles. The molecule has 0 aromatic heterocycles. The number of hydrogen-bond acceptors (Lipinski definition) is 18. The molecule has 0 bridgehead atoms. The number of aliphatic hydroxyl groups is 13. The first-order chi connectivity index (χ1) is 16.2. The second kappa shape index (κ2) is 11.9. The summed E-state index contributed by atoms with van der Waals surface area (Å²) in [4.78, 5) is 12.4. The van der Waals surface area contributed by atoms with Gasteiger partial charge in [-0.05, 0) is 0 Å². The minimum Gasteiger partial charge on any atom is -0.425 e. The summed E-state index contributed by atoms with van der Waals surface area (Å²) in [6.45, 7) is -2.57. The molecule has 2 aliphatic heterocycles. The number of aliphatic hydroxyl groups excluding tert-OH is 13. The van der Waals surface area contributed by atoms with E-state index in [2.05, 4.69) is 0 Å². The molecule has 4 unspecified atom stereocenters. The predicted octanol–water partition coefficient (Wildman–Crippen LogP) is -9.13. The molecule has 2 rings (SSSR count). The van der Waals surface area contributed by atoms with Gasteiger partial charge >= 0.3 is 5.97 Å². The van der Waals surface area contributed by atoms with Crippen molar-refractivity contribution in [2.24, 2.45) is 0 Å². The molecule has 2 saturated heterocycles. The van der Waals surface area contributed by atoms with Crippen LogP contribution in [-0.2, 0) is 23.7 Å². The van der Waals surface area contributed by atoms with Gasteiger partial charge in [0.05, 0.1) is 6.61 Å². The third kappa shape index (κ3) is 6.05. The number of rotatable bonds is 9. The van der Waals surface area contributed by atoms with E-state index in [9.17, 15) is 66.1 Å². The molecule has 206 valence electrons. The Kier molecular flexibility index (Phi) is 10.2. The van der Waals surface area contributed by atoms with Crippen LogP contribution in [-0.4, -0.2) is 171 Å². The van der Waals surface area contributed by atoms with Crippen LogP contribution in [0.5, 0.6) is 0 Å². The summed E-state index contributed by atoms with van der Waals surface area (Å²) in [6, 6.07) is 0. The van der Waals surface area contributed by atoms with E-state index in [1.165, 1.54) is 0 Å². The molecule has 18 heteroatoms. The van der Waals surface area contributed by atoms with Crippen molar-refractivity contribution in [3.63, 3.8) is 0 Å². The zero-order chi connectivity index (χ0) is 26.8. The fourth-order valence-electron chi connectivity index (χ4n) is 3.35. The van der Waals surface area contributed by atoms with Crippen molar-refractivity contribution in [3.05, 3.63) is 0 Å². The largest absolute Gasteiger partial charge is 0.425 e. The summed E-state index contributed by atoms with van der Waals surface area (Å²) in [5.41, 5.74) is 0. The van der Waals surface area contributed by atoms with E-state index in [1.54, 1.807) is 0 Å². The summed E-state index contributed by atoms with van der Waals surface area (Å²) >= 11 is 0. The van der Waals surface area contributed by atoms with Gasteiger partial charge < -0.3 is 85.3 Å². The van der Waals surface area contributed by atoms with Crippen molar-refractivity contribution in [1.29, 1.82) is 0 Å². The van der Waals surface area contributed by atoms with Crippen molar-refractivity contribution < 1.29 is 90.1 Å². The van der Waals surface area contributed by atoms with Gasteiger partial charge in [-0.1, -0.05) is 0 Å². The van der Waals surface area contributed by atoms with E-state index in [4.69, 9.17) is 24.1 Å². The second-order valence-corrected chi connectivity index (χ2v) is 7.98. The summed E-state index contributed by atoms with van der Waals surface area (Å²) in [5, 5.41) is 127. The highest BCUT2D eigenvalue weighted by Crippen LogP contribution is 2.35. The van der Waals surface area contributed by atoms with E-state index in [0.717, 1.165) is 0 Å². The van der Waals surface area contributed by atoms with Gasteiger partial charge in [-0.25, -0.2) is 4.79 Å². The molecule has 0 spiro atoms. The molecular weight excluding hydrogens is 492 g/mol. The molecule has 0 aromatic rings. The standard InChI is InChI=1S/C17H30O18/c18-1-3(20)4(21)5(22)9(26)14(30)34-17(2-19)12(7(24)10(27)15(31)35-17)32-16-11(28)6(23)8(25)13(29)33-16/h3-13,15-16,18-29,31H,1-2H2/t3?,4?,5?,6-,7-,8-,9?,10+,11+,12-,13-,15+,16+,17-/m0/s1. The van der Waals surface area contributed by atoms with E-state index < -0.39 is 105 Å². The minimum atomic E-state index is -3.02. The smallest absolute Gasteiger partial charge is 0.340 e. The Bertz CT molecular complexity index is 696. The number of esters is 1. The molecule has 0 aliphatic carbocycles. The molecule has 2 aliphatic rings. The van der Waals surface area contributed by atoms with Gasteiger partial charge in [0.25, 0.3) is 5.79 Å². The molecule has 18 nitrogen and oxygen atoms in total. The predicted molar refractivity (Wildman–Crippen MR) is 99.9 cm³/mol. The van der Waals surface area contributed by atoms with Crippen LogP contribution in [0.25, 0.3) is 0 Å². The third-order valence-electron chi connectivity index (χ3n) is 5.52. The molecule has 35 heavy (non-hydrogen) atoms. The molecule has 0 aromatic carbocycles. The van der Waals surface area contributed by atoms with Gasteiger partial charge in [0, 0.05) is 0 Å². The Balaban J connectivity index is 2.32. The Morgan fingerprint density at radius 3 is 1.91 bits per heavy atom. The summed E-state index contributed by atoms with van der Waals surface area (Å²) in [6.07, 6.45) is -29.1. The quantitative estimate of drug-likeness (QED) is 0.125. The van der Waals surface area contributed by atoms with Crippen LogP contribution >= 0.6 is 0 Å². The lowest BCUT2D eigenvalue weighted by molar-refractivity contribution is -0.428. The molecule has 13 N–H and O–H groups in total. The Morgan fingerprint density at radius 1 is 0.800 bits per heavy atom. The first-order valence-electron chi connectivity index (χ1n) is 10.1. The van der Waals surface area contributed by atoms with E-state index in [0.29, 0.717) is 0 Å². The van der Waals surface area contributed by atoms with Crippen LogP contribution < -0.4 is 0 Å². The lowest BCUT2D eigenvalue weighted by atomic mass is 9.95. The lowest BCUT2D eigenvalue weighted by Crippen LogP contribution is -2.70. The molecule has 2 fully saturated rings. The molecule has 14 atom stereocenters. The fraction of sp³-hybridized carbons (Fsp3) is 0.941. The van der Waals surface area contributed by atoms with E-state index in [1.807, 2.05) is 0 Å². The van der Waals surface area contributed by atoms with Crippen molar-refractivity contribution in [1.82, 2.24) is 0 Å². The highest BCUT2D eigenvalue weighted by atomic mass is 16.8. The first-order valence-corrected chi connectivity index (χ1v) is 10.1. The van der Waals surface area contributed by atoms with Crippen LogP contribution in [0.1, 0.15) is 0 Å². The van der Waals surface area contributed by atoms with Crippen molar-refractivity contribution in [2.75, 3.05) is 13.2 Å². The Hall–Kier alpha value is -1.17.